The second kappa shape index (κ2) is 5.73. The highest BCUT2D eigenvalue weighted by atomic mass is 16.4. The van der Waals surface area contributed by atoms with Crippen molar-refractivity contribution in [3.05, 3.63) is 35.4 Å². The molecule has 1 heterocycles. The number of hydrogen-bond acceptors (Lipinski definition) is 3. The highest BCUT2D eigenvalue weighted by Gasteiger charge is 2.34. The van der Waals surface area contributed by atoms with E-state index < -0.39 is 12.0 Å². The topological polar surface area (TPSA) is 86.7 Å². The van der Waals surface area contributed by atoms with Crippen LogP contribution in [0.4, 0.5) is 0 Å². The Bertz CT molecular complexity index is 556. The Morgan fingerprint density at radius 2 is 1.95 bits per heavy atom. The minimum Gasteiger partial charge on any atom is -0.480 e. The molecule has 0 aliphatic carbocycles. The van der Waals surface area contributed by atoms with Gasteiger partial charge in [-0.25, -0.2) is 4.79 Å². The van der Waals surface area contributed by atoms with Crippen molar-refractivity contribution in [2.24, 2.45) is 0 Å². The summed E-state index contributed by atoms with van der Waals surface area (Å²) in [6.45, 7) is 1.39. The van der Waals surface area contributed by atoms with E-state index in [1.54, 1.807) is 0 Å². The van der Waals surface area contributed by atoms with Gasteiger partial charge in [0.05, 0.1) is 6.54 Å². The first-order valence-electron chi connectivity index (χ1n) is 6.32. The first-order chi connectivity index (χ1) is 9.49. The summed E-state index contributed by atoms with van der Waals surface area (Å²) in [7, 11) is 0. The van der Waals surface area contributed by atoms with Gasteiger partial charge in [-0.1, -0.05) is 24.3 Å². The van der Waals surface area contributed by atoms with E-state index in [0.29, 0.717) is 0 Å². The third-order valence-corrected chi connectivity index (χ3v) is 3.34. The summed E-state index contributed by atoms with van der Waals surface area (Å²) in [5.74, 6) is -1.74. The number of rotatable bonds is 3. The van der Waals surface area contributed by atoms with Crippen molar-refractivity contribution in [3.63, 3.8) is 0 Å². The van der Waals surface area contributed by atoms with E-state index >= 15 is 0 Å². The maximum atomic E-state index is 12.1. The van der Waals surface area contributed by atoms with Crippen LogP contribution < -0.4 is 5.32 Å². The molecule has 1 aliphatic rings. The van der Waals surface area contributed by atoms with E-state index in [0.717, 1.165) is 11.1 Å². The molecule has 2 N–H and O–H groups in total. The minimum atomic E-state index is -1.03. The van der Waals surface area contributed by atoms with Crippen LogP contribution >= 0.6 is 0 Å². The SMILES string of the molecule is CC(=O)NCC(=O)N1Cc2ccccc2C[C@H]1C(=O)O. The van der Waals surface area contributed by atoms with Gasteiger partial charge in [-0.3, -0.25) is 9.59 Å². The summed E-state index contributed by atoms with van der Waals surface area (Å²) >= 11 is 0. The molecule has 1 aliphatic heterocycles. The molecule has 0 bridgehead atoms. The molecule has 2 amide bonds. The molecule has 0 saturated carbocycles. The van der Waals surface area contributed by atoms with E-state index in [1.165, 1.54) is 11.8 Å². The molecule has 0 radical (unpaired) electrons. The smallest absolute Gasteiger partial charge is 0.326 e. The van der Waals surface area contributed by atoms with E-state index in [9.17, 15) is 19.5 Å². The largest absolute Gasteiger partial charge is 0.480 e. The van der Waals surface area contributed by atoms with E-state index in [2.05, 4.69) is 5.32 Å². The molecule has 2 rings (SSSR count). The second-order valence-electron chi connectivity index (χ2n) is 4.76. The number of fused-ring (bicyclic) bond motifs is 1. The maximum Gasteiger partial charge on any atom is 0.326 e. The highest BCUT2D eigenvalue weighted by Crippen LogP contribution is 2.23. The van der Waals surface area contributed by atoms with Crippen molar-refractivity contribution in [2.75, 3.05) is 6.54 Å². The van der Waals surface area contributed by atoms with Crippen LogP contribution in [0.1, 0.15) is 18.1 Å². The van der Waals surface area contributed by atoms with Crippen LogP contribution in [0.2, 0.25) is 0 Å². The highest BCUT2D eigenvalue weighted by molar-refractivity contribution is 5.88. The summed E-state index contributed by atoms with van der Waals surface area (Å²) in [5.41, 5.74) is 1.89. The summed E-state index contributed by atoms with van der Waals surface area (Å²) in [5, 5.41) is 11.7. The van der Waals surface area contributed by atoms with Gasteiger partial charge in [0.25, 0.3) is 0 Å². The number of carboxylic acids is 1. The van der Waals surface area contributed by atoms with Gasteiger partial charge >= 0.3 is 5.97 Å². The van der Waals surface area contributed by atoms with Crippen molar-refractivity contribution in [3.8, 4) is 0 Å². The first kappa shape index (κ1) is 14.0. The van der Waals surface area contributed by atoms with E-state index in [1.807, 2.05) is 24.3 Å². The number of carbonyl (C=O) groups excluding carboxylic acids is 2. The predicted octanol–water partition coefficient (Wildman–Crippen LogP) is 0.161. The summed E-state index contributed by atoms with van der Waals surface area (Å²) in [4.78, 5) is 35.6. The van der Waals surface area contributed by atoms with Crippen LogP contribution in [0, 0.1) is 0 Å². The lowest BCUT2D eigenvalue weighted by Gasteiger charge is -2.34. The Hall–Kier alpha value is -2.37. The van der Waals surface area contributed by atoms with Crippen molar-refractivity contribution >= 4 is 17.8 Å². The fourth-order valence-electron chi connectivity index (χ4n) is 2.31. The minimum absolute atomic E-state index is 0.179. The molecule has 106 valence electrons. The molecule has 1 atom stereocenters. The number of nitrogens with zero attached hydrogens (tertiary/aromatic N) is 1. The molecule has 0 saturated heterocycles. The monoisotopic (exact) mass is 276 g/mol. The van der Waals surface area contributed by atoms with Gasteiger partial charge in [-0.2, -0.15) is 0 Å². The molecule has 0 aromatic heterocycles. The lowest BCUT2D eigenvalue weighted by molar-refractivity contribution is -0.151. The van der Waals surface area contributed by atoms with Gasteiger partial charge in [0.15, 0.2) is 0 Å². The van der Waals surface area contributed by atoms with Gasteiger partial charge in [0, 0.05) is 19.9 Å². The van der Waals surface area contributed by atoms with Crippen molar-refractivity contribution < 1.29 is 19.5 Å². The third kappa shape index (κ3) is 2.96. The summed E-state index contributed by atoms with van der Waals surface area (Å²) in [6, 6.07) is 6.58. The molecular formula is C14H16N2O4. The average Bonchev–Trinajstić information content (AvgIpc) is 2.43. The molecule has 0 unspecified atom stereocenters. The molecule has 6 nitrogen and oxygen atoms in total. The van der Waals surface area contributed by atoms with Crippen LogP contribution in [-0.4, -0.2) is 40.4 Å². The van der Waals surface area contributed by atoms with Crippen LogP contribution in [0.25, 0.3) is 0 Å². The van der Waals surface area contributed by atoms with Crippen LogP contribution in [0.15, 0.2) is 24.3 Å². The van der Waals surface area contributed by atoms with Gasteiger partial charge in [0.2, 0.25) is 11.8 Å². The molecular weight excluding hydrogens is 260 g/mol. The molecule has 1 aromatic carbocycles. The molecule has 6 heteroatoms. The number of aliphatic carboxylic acids is 1. The third-order valence-electron chi connectivity index (χ3n) is 3.34. The maximum absolute atomic E-state index is 12.1. The Balaban J connectivity index is 2.20. The van der Waals surface area contributed by atoms with Crippen LogP contribution in [0.5, 0.6) is 0 Å². The zero-order chi connectivity index (χ0) is 14.7. The fraction of sp³-hybridized carbons (Fsp3) is 0.357. The van der Waals surface area contributed by atoms with Crippen LogP contribution in [-0.2, 0) is 27.3 Å². The number of hydrogen-bond donors (Lipinski definition) is 2. The normalized spacial score (nSPS) is 17.2. The molecule has 0 fully saturated rings. The molecule has 0 spiro atoms. The second-order valence-corrected chi connectivity index (χ2v) is 4.76. The Morgan fingerprint density at radius 3 is 2.55 bits per heavy atom. The van der Waals surface area contributed by atoms with E-state index in [4.69, 9.17) is 0 Å². The molecule has 20 heavy (non-hydrogen) atoms. The Kier molecular flexibility index (Phi) is 4.02. The predicted molar refractivity (Wildman–Crippen MR) is 70.8 cm³/mol. The van der Waals surface area contributed by atoms with E-state index in [-0.39, 0.29) is 31.3 Å². The zero-order valence-corrected chi connectivity index (χ0v) is 11.1. The van der Waals surface area contributed by atoms with Crippen molar-refractivity contribution in [1.82, 2.24) is 10.2 Å². The number of benzene rings is 1. The van der Waals surface area contributed by atoms with Crippen LogP contribution in [0.3, 0.4) is 0 Å². The number of nitrogens with one attached hydrogen (secondary N) is 1. The summed E-state index contributed by atoms with van der Waals surface area (Å²) < 4.78 is 0. The summed E-state index contributed by atoms with van der Waals surface area (Å²) in [6.07, 6.45) is 0.289. The Morgan fingerprint density at radius 1 is 1.30 bits per heavy atom. The number of carboxylic acid groups (broad SMARTS) is 1. The Labute approximate surface area is 116 Å². The van der Waals surface area contributed by atoms with Gasteiger partial charge < -0.3 is 15.3 Å². The molecule has 1 aromatic rings. The average molecular weight is 276 g/mol. The van der Waals surface area contributed by atoms with Gasteiger partial charge in [0.1, 0.15) is 6.04 Å². The van der Waals surface area contributed by atoms with Crippen molar-refractivity contribution in [2.45, 2.75) is 25.9 Å². The van der Waals surface area contributed by atoms with Gasteiger partial charge in [-0.15, -0.1) is 0 Å². The fourth-order valence-corrected chi connectivity index (χ4v) is 2.31. The lowest BCUT2D eigenvalue weighted by Crippen LogP contribution is -2.51. The number of amides is 2. The zero-order valence-electron chi connectivity index (χ0n) is 11.1. The van der Waals surface area contributed by atoms with Crippen molar-refractivity contribution in [1.29, 1.82) is 0 Å². The lowest BCUT2D eigenvalue weighted by atomic mass is 9.94. The quantitative estimate of drug-likeness (QED) is 0.823. The first-order valence-corrected chi connectivity index (χ1v) is 6.32. The standard InChI is InChI=1S/C14H16N2O4/c1-9(17)15-7-13(18)16-8-11-5-3-2-4-10(11)6-12(16)14(19)20/h2-5,12H,6-8H2,1H3,(H,15,17)(H,19,20)/t12-/m0/s1. The number of carbonyl (C=O) groups is 3. The van der Waals surface area contributed by atoms with Gasteiger partial charge in [-0.05, 0) is 11.1 Å².